The monoisotopic (exact) mass is 295 g/mol. The zero-order chi connectivity index (χ0) is 14.3. The molecular weight excluding hydrogens is 285 g/mol. The lowest BCUT2D eigenvalue weighted by Gasteiger charge is -2.05. The molecule has 0 bridgehead atoms. The van der Waals surface area contributed by atoms with Gasteiger partial charge in [-0.2, -0.15) is 0 Å². The third-order valence-electron chi connectivity index (χ3n) is 2.96. The number of carboxylic acid groups (broad SMARTS) is 1. The summed E-state index contributed by atoms with van der Waals surface area (Å²) in [6, 6.07) is 3.78. The van der Waals surface area contributed by atoms with E-state index in [-0.39, 0.29) is 22.2 Å². The second-order valence-electron chi connectivity index (χ2n) is 4.46. The predicted molar refractivity (Wildman–Crippen MR) is 68.6 cm³/mol. The first kappa shape index (κ1) is 12.9. The lowest BCUT2D eigenvalue weighted by atomic mass is 10.2. The van der Waals surface area contributed by atoms with Crippen LogP contribution in [0.4, 0.5) is 4.39 Å². The lowest BCUT2D eigenvalue weighted by Crippen LogP contribution is -2.16. The molecule has 2 N–H and O–H groups in total. The first-order valence-corrected chi connectivity index (χ1v) is 6.75. The minimum absolute atomic E-state index is 0.117. The van der Waals surface area contributed by atoms with Crippen molar-refractivity contribution >= 4 is 17.7 Å². The Kier molecular flexibility index (Phi) is 3.09. The molecule has 0 amide bonds. The van der Waals surface area contributed by atoms with Crippen molar-refractivity contribution in [3.8, 4) is 0 Å². The Balaban J connectivity index is 1.92. The van der Waals surface area contributed by atoms with Gasteiger partial charge < -0.3 is 5.11 Å². The summed E-state index contributed by atoms with van der Waals surface area (Å²) in [5, 5.41) is 15.4. The van der Waals surface area contributed by atoms with Gasteiger partial charge in [0.2, 0.25) is 0 Å². The minimum Gasteiger partial charge on any atom is -0.478 e. The van der Waals surface area contributed by atoms with Crippen LogP contribution in [0.15, 0.2) is 33.0 Å². The smallest absolute Gasteiger partial charge is 0.344 e. The Morgan fingerprint density at radius 3 is 2.85 bits per heavy atom. The fourth-order valence-corrected chi connectivity index (χ4v) is 2.74. The molecule has 104 valence electrons. The van der Waals surface area contributed by atoms with Crippen LogP contribution in [0.2, 0.25) is 0 Å². The quantitative estimate of drug-likeness (QED) is 0.899. The Labute approximate surface area is 116 Å². The van der Waals surface area contributed by atoms with Crippen molar-refractivity contribution in [2.45, 2.75) is 28.9 Å². The van der Waals surface area contributed by atoms with Crippen LogP contribution < -0.4 is 5.69 Å². The van der Waals surface area contributed by atoms with Gasteiger partial charge in [-0.05, 0) is 42.8 Å². The summed E-state index contributed by atoms with van der Waals surface area (Å²) in [5.74, 6) is -1.83. The number of hydrogen-bond acceptors (Lipinski definition) is 4. The molecule has 3 rings (SSSR count). The molecule has 2 aromatic rings. The zero-order valence-electron chi connectivity index (χ0n) is 10.2. The lowest BCUT2D eigenvalue weighted by molar-refractivity contribution is 0.0696. The van der Waals surface area contributed by atoms with Crippen LogP contribution in [-0.4, -0.2) is 25.8 Å². The average molecular weight is 295 g/mol. The van der Waals surface area contributed by atoms with Crippen LogP contribution >= 0.6 is 11.8 Å². The summed E-state index contributed by atoms with van der Waals surface area (Å²) in [4.78, 5) is 22.6. The Morgan fingerprint density at radius 2 is 2.25 bits per heavy atom. The number of nitrogens with zero attached hydrogens (tertiary/aromatic N) is 2. The molecule has 6 nitrogen and oxygen atoms in total. The number of benzene rings is 1. The minimum atomic E-state index is -1.19. The van der Waals surface area contributed by atoms with Crippen LogP contribution in [-0.2, 0) is 0 Å². The van der Waals surface area contributed by atoms with Gasteiger partial charge in [0.25, 0.3) is 0 Å². The van der Waals surface area contributed by atoms with Crippen molar-refractivity contribution in [3.05, 3.63) is 40.1 Å². The Morgan fingerprint density at radius 1 is 1.50 bits per heavy atom. The van der Waals surface area contributed by atoms with Crippen LogP contribution in [0.25, 0.3) is 0 Å². The van der Waals surface area contributed by atoms with Gasteiger partial charge in [0.1, 0.15) is 5.82 Å². The summed E-state index contributed by atoms with van der Waals surface area (Å²) in [6.45, 7) is 0. The molecule has 0 saturated heterocycles. The van der Waals surface area contributed by atoms with Crippen molar-refractivity contribution in [1.82, 2.24) is 14.8 Å². The maximum atomic E-state index is 13.8. The molecule has 1 heterocycles. The topological polar surface area (TPSA) is 88.0 Å². The largest absolute Gasteiger partial charge is 0.478 e. The van der Waals surface area contributed by atoms with E-state index in [2.05, 4.69) is 10.2 Å². The summed E-state index contributed by atoms with van der Waals surface area (Å²) in [7, 11) is 0. The number of carbonyl (C=O) groups is 1. The Hall–Kier alpha value is -2.09. The Bertz CT molecular complexity index is 736. The van der Waals surface area contributed by atoms with Gasteiger partial charge in [0.15, 0.2) is 5.16 Å². The van der Waals surface area contributed by atoms with E-state index in [9.17, 15) is 14.0 Å². The third kappa shape index (κ3) is 2.34. The van der Waals surface area contributed by atoms with Gasteiger partial charge >= 0.3 is 11.7 Å². The highest BCUT2D eigenvalue weighted by Gasteiger charge is 2.29. The number of aromatic amines is 1. The first-order valence-electron chi connectivity index (χ1n) is 5.94. The highest BCUT2D eigenvalue weighted by Crippen LogP contribution is 2.38. The van der Waals surface area contributed by atoms with E-state index >= 15 is 0 Å². The second-order valence-corrected chi connectivity index (χ2v) is 5.47. The fourth-order valence-electron chi connectivity index (χ4n) is 1.83. The molecule has 0 unspecified atom stereocenters. The number of carboxylic acids is 1. The molecule has 0 spiro atoms. The van der Waals surface area contributed by atoms with Crippen molar-refractivity contribution < 1.29 is 14.3 Å². The number of aromatic nitrogens is 3. The molecule has 1 aromatic heterocycles. The second kappa shape index (κ2) is 4.78. The van der Waals surface area contributed by atoms with Gasteiger partial charge in [0, 0.05) is 6.04 Å². The highest BCUT2D eigenvalue weighted by molar-refractivity contribution is 7.99. The summed E-state index contributed by atoms with van der Waals surface area (Å²) >= 11 is 1.00. The molecular formula is C12H10FN3O3S. The summed E-state index contributed by atoms with van der Waals surface area (Å²) < 4.78 is 15.4. The van der Waals surface area contributed by atoms with Gasteiger partial charge in [-0.15, -0.1) is 5.10 Å². The van der Waals surface area contributed by atoms with E-state index in [1.807, 2.05) is 0 Å². The molecule has 1 saturated carbocycles. The van der Waals surface area contributed by atoms with Gasteiger partial charge in [-0.25, -0.2) is 19.1 Å². The van der Waals surface area contributed by atoms with Crippen LogP contribution in [0.1, 0.15) is 29.2 Å². The molecule has 1 aliphatic rings. The predicted octanol–water partition coefficient (Wildman–Crippen LogP) is 1.89. The van der Waals surface area contributed by atoms with Crippen molar-refractivity contribution in [3.63, 3.8) is 0 Å². The van der Waals surface area contributed by atoms with Gasteiger partial charge in [-0.1, -0.05) is 0 Å². The molecule has 8 heteroatoms. The summed E-state index contributed by atoms with van der Waals surface area (Å²) in [6.07, 6.45) is 1.82. The van der Waals surface area contributed by atoms with Crippen LogP contribution in [0.3, 0.4) is 0 Å². The van der Waals surface area contributed by atoms with Crippen molar-refractivity contribution in [2.24, 2.45) is 0 Å². The van der Waals surface area contributed by atoms with E-state index in [4.69, 9.17) is 5.11 Å². The molecule has 0 atom stereocenters. The number of rotatable bonds is 4. The number of aromatic carboxylic acids is 1. The summed E-state index contributed by atoms with van der Waals surface area (Å²) in [5.41, 5.74) is -0.425. The first-order chi connectivity index (χ1) is 9.56. The fraction of sp³-hybridized carbons (Fsp3) is 0.250. The molecule has 1 aromatic carbocycles. The van der Waals surface area contributed by atoms with E-state index in [1.165, 1.54) is 16.7 Å². The third-order valence-corrected chi connectivity index (χ3v) is 3.99. The number of hydrogen-bond donors (Lipinski definition) is 2. The molecule has 1 aliphatic carbocycles. The SMILES string of the molecule is O=C(O)c1ccc(Sc2n[nH]c(=O)n2C2CC2)c(F)c1. The van der Waals surface area contributed by atoms with E-state index < -0.39 is 11.8 Å². The van der Waals surface area contributed by atoms with Crippen LogP contribution in [0.5, 0.6) is 0 Å². The van der Waals surface area contributed by atoms with Crippen LogP contribution in [0, 0.1) is 5.82 Å². The van der Waals surface area contributed by atoms with Crippen molar-refractivity contribution in [2.75, 3.05) is 0 Å². The maximum Gasteiger partial charge on any atom is 0.344 e. The van der Waals surface area contributed by atoms with E-state index in [1.54, 1.807) is 0 Å². The normalized spacial score (nSPS) is 14.4. The molecule has 0 radical (unpaired) electrons. The maximum absolute atomic E-state index is 13.8. The van der Waals surface area contributed by atoms with Gasteiger partial charge in [-0.3, -0.25) is 4.57 Å². The molecule has 1 fully saturated rings. The van der Waals surface area contributed by atoms with E-state index in [0.29, 0.717) is 5.16 Å². The molecule has 0 aliphatic heterocycles. The number of halogens is 1. The standard InChI is InChI=1S/C12H10FN3O3S/c13-8-5-6(10(17)18)1-4-9(8)20-12-15-14-11(19)16(12)7-2-3-7/h1,4-5,7H,2-3H2,(H,14,19)(H,17,18). The number of H-pyrrole nitrogens is 1. The average Bonchev–Trinajstić information content (AvgIpc) is 3.17. The molecule has 20 heavy (non-hydrogen) atoms. The highest BCUT2D eigenvalue weighted by atomic mass is 32.2. The zero-order valence-corrected chi connectivity index (χ0v) is 11.0. The van der Waals surface area contributed by atoms with Gasteiger partial charge in [0.05, 0.1) is 10.5 Å². The number of nitrogens with one attached hydrogen (secondary N) is 1. The van der Waals surface area contributed by atoms with Crippen molar-refractivity contribution in [1.29, 1.82) is 0 Å². The van der Waals surface area contributed by atoms with E-state index in [0.717, 1.165) is 30.7 Å².